The van der Waals surface area contributed by atoms with Crippen LogP contribution in [0.5, 0.6) is 0 Å². The van der Waals surface area contributed by atoms with Gasteiger partial charge in [0.05, 0.1) is 0 Å². The van der Waals surface area contributed by atoms with E-state index in [4.69, 9.17) is 5.73 Å². The minimum atomic E-state index is 0.529. The Morgan fingerprint density at radius 1 is 1.25 bits per heavy atom. The molecule has 4 heteroatoms. The highest BCUT2D eigenvalue weighted by atomic mass is 15.3. The lowest BCUT2D eigenvalue weighted by Crippen LogP contribution is -2.54. The van der Waals surface area contributed by atoms with Gasteiger partial charge in [0, 0.05) is 45.0 Å². The maximum Gasteiger partial charge on any atom is 0.128 e. The molecular formula is C16H28N4. The van der Waals surface area contributed by atoms with Gasteiger partial charge in [-0.05, 0) is 24.5 Å². The standard InChI is InChI=1S/C16H28N4/c1-3-6-14(2)15(13-17)19-9-11-20(12-10-19)16-7-4-5-8-18-16/h4-5,7-8,14-15H,3,6,9-13,17H2,1-2H3. The molecule has 1 aliphatic heterocycles. The predicted octanol–water partition coefficient (Wildman–Crippen LogP) is 1.97. The van der Waals surface area contributed by atoms with Crippen LogP contribution in [0.25, 0.3) is 0 Å². The highest BCUT2D eigenvalue weighted by Crippen LogP contribution is 2.19. The van der Waals surface area contributed by atoms with Crippen LogP contribution in [0.2, 0.25) is 0 Å². The first-order chi connectivity index (χ1) is 9.76. The number of nitrogens with two attached hydrogens (primary N) is 1. The molecule has 1 aromatic heterocycles. The van der Waals surface area contributed by atoms with E-state index in [9.17, 15) is 0 Å². The van der Waals surface area contributed by atoms with E-state index >= 15 is 0 Å². The summed E-state index contributed by atoms with van der Waals surface area (Å²) in [4.78, 5) is 9.38. The van der Waals surface area contributed by atoms with Crippen LogP contribution in [-0.4, -0.2) is 48.6 Å². The van der Waals surface area contributed by atoms with Gasteiger partial charge >= 0.3 is 0 Å². The molecule has 1 aromatic rings. The molecule has 2 N–H and O–H groups in total. The Hall–Kier alpha value is -1.13. The average molecular weight is 276 g/mol. The second kappa shape index (κ2) is 7.60. The van der Waals surface area contributed by atoms with Crippen molar-refractivity contribution in [3.63, 3.8) is 0 Å². The highest BCUT2D eigenvalue weighted by molar-refractivity contribution is 5.38. The Morgan fingerprint density at radius 3 is 2.55 bits per heavy atom. The number of piperazine rings is 1. The van der Waals surface area contributed by atoms with E-state index in [2.05, 4.69) is 40.8 Å². The molecule has 0 spiro atoms. The van der Waals surface area contributed by atoms with Gasteiger partial charge in [0.1, 0.15) is 5.82 Å². The number of rotatable bonds is 6. The number of hydrogen-bond donors (Lipinski definition) is 1. The Bertz CT molecular complexity index is 373. The summed E-state index contributed by atoms with van der Waals surface area (Å²) in [5.74, 6) is 1.78. The molecule has 2 unspecified atom stereocenters. The van der Waals surface area contributed by atoms with Gasteiger partial charge < -0.3 is 10.6 Å². The molecule has 0 aromatic carbocycles. The van der Waals surface area contributed by atoms with Crippen molar-refractivity contribution in [1.29, 1.82) is 0 Å². The van der Waals surface area contributed by atoms with E-state index in [0.29, 0.717) is 12.0 Å². The van der Waals surface area contributed by atoms with Crippen LogP contribution < -0.4 is 10.6 Å². The average Bonchev–Trinajstić information content (AvgIpc) is 2.50. The summed E-state index contributed by atoms with van der Waals surface area (Å²) in [6.07, 6.45) is 4.38. The topological polar surface area (TPSA) is 45.4 Å². The molecule has 1 aliphatic rings. The monoisotopic (exact) mass is 276 g/mol. The fraction of sp³-hybridized carbons (Fsp3) is 0.688. The van der Waals surface area contributed by atoms with Crippen LogP contribution in [0.1, 0.15) is 26.7 Å². The summed E-state index contributed by atoms with van der Waals surface area (Å²) in [7, 11) is 0. The molecule has 1 fully saturated rings. The minimum absolute atomic E-state index is 0.529. The van der Waals surface area contributed by atoms with Crippen LogP contribution >= 0.6 is 0 Å². The molecular weight excluding hydrogens is 248 g/mol. The number of nitrogens with zero attached hydrogens (tertiary/aromatic N) is 3. The van der Waals surface area contributed by atoms with Crippen LogP contribution in [-0.2, 0) is 0 Å². The molecule has 2 atom stereocenters. The normalized spacial score (nSPS) is 19.9. The lowest BCUT2D eigenvalue weighted by molar-refractivity contribution is 0.139. The maximum absolute atomic E-state index is 6.01. The van der Waals surface area contributed by atoms with Gasteiger partial charge in [-0.15, -0.1) is 0 Å². The summed E-state index contributed by atoms with van der Waals surface area (Å²) >= 11 is 0. The van der Waals surface area contributed by atoms with Crippen molar-refractivity contribution >= 4 is 5.82 Å². The van der Waals surface area contributed by atoms with Crippen LogP contribution in [0.3, 0.4) is 0 Å². The lowest BCUT2D eigenvalue weighted by Gasteiger charge is -2.41. The lowest BCUT2D eigenvalue weighted by atomic mass is 9.95. The highest BCUT2D eigenvalue weighted by Gasteiger charge is 2.26. The molecule has 0 radical (unpaired) electrons. The van der Waals surface area contributed by atoms with Crippen molar-refractivity contribution in [2.45, 2.75) is 32.7 Å². The van der Waals surface area contributed by atoms with Gasteiger partial charge in [-0.1, -0.05) is 26.3 Å². The molecule has 2 heterocycles. The number of hydrogen-bond acceptors (Lipinski definition) is 4. The minimum Gasteiger partial charge on any atom is -0.354 e. The van der Waals surface area contributed by atoms with E-state index in [-0.39, 0.29) is 0 Å². The molecule has 1 saturated heterocycles. The molecule has 0 saturated carbocycles. The first-order valence-corrected chi connectivity index (χ1v) is 7.86. The van der Waals surface area contributed by atoms with Crippen LogP contribution in [0, 0.1) is 5.92 Å². The van der Waals surface area contributed by atoms with Crippen molar-refractivity contribution < 1.29 is 0 Å². The van der Waals surface area contributed by atoms with Gasteiger partial charge in [0.15, 0.2) is 0 Å². The fourth-order valence-corrected chi connectivity index (χ4v) is 3.21. The first kappa shape index (κ1) is 15.3. The number of pyridine rings is 1. The second-order valence-corrected chi connectivity index (χ2v) is 5.78. The largest absolute Gasteiger partial charge is 0.354 e. The number of anilines is 1. The van der Waals surface area contributed by atoms with Gasteiger partial charge in [-0.2, -0.15) is 0 Å². The summed E-state index contributed by atoms with van der Waals surface area (Å²) < 4.78 is 0. The van der Waals surface area contributed by atoms with Gasteiger partial charge in [0.25, 0.3) is 0 Å². The van der Waals surface area contributed by atoms with Crippen LogP contribution in [0.4, 0.5) is 5.82 Å². The summed E-state index contributed by atoms with van der Waals surface area (Å²) in [6.45, 7) is 9.64. The van der Waals surface area contributed by atoms with Gasteiger partial charge in [-0.3, -0.25) is 4.90 Å². The summed E-state index contributed by atoms with van der Waals surface area (Å²) in [5, 5.41) is 0. The van der Waals surface area contributed by atoms with Crippen molar-refractivity contribution in [2.75, 3.05) is 37.6 Å². The van der Waals surface area contributed by atoms with E-state index in [1.807, 2.05) is 12.3 Å². The Balaban J connectivity index is 1.90. The van der Waals surface area contributed by atoms with E-state index < -0.39 is 0 Å². The fourth-order valence-electron chi connectivity index (χ4n) is 3.21. The Labute approximate surface area is 123 Å². The third-order valence-electron chi connectivity index (χ3n) is 4.40. The van der Waals surface area contributed by atoms with Gasteiger partial charge in [-0.25, -0.2) is 4.98 Å². The van der Waals surface area contributed by atoms with Crippen molar-refractivity contribution in [2.24, 2.45) is 11.7 Å². The molecule has 20 heavy (non-hydrogen) atoms. The Morgan fingerprint density at radius 2 is 2.00 bits per heavy atom. The smallest absolute Gasteiger partial charge is 0.128 e. The zero-order valence-electron chi connectivity index (χ0n) is 12.8. The van der Waals surface area contributed by atoms with E-state index in [1.54, 1.807) is 0 Å². The Kier molecular flexibility index (Phi) is 5.80. The molecule has 0 bridgehead atoms. The molecule has 0 amide bonds. The second-order valence-electron chi connectivity index (χ2n) is 5.78. The maximum atomic E-state index is 6.01. The first-order valence-electron chi connectivity index (χ1n) is 7.86. The quantitative estimate of drug-likeness (QED) is 0.863. The summed E-state index contributed by atoms with van der Waals surface area (Å²) in [5.41, 5.74) is 6.01. The zero-order chi connectivity index (χ0) is 14.4. The third kappa shape index (κ3) is 3.70. The molecule has 4 nitrogen and oxygen atoms in total. The zero-order valence-corrected chi connectivity index (χ0v) is 12.8. The number of aromatic nitrogens is 1. The van der Waals surface area contributed by atoms with E-state index in [0.717, 1.165) is 38.5 Å². The van der Waals surface area contributed by atoms with Crippen LogP contribution in [0.15, 0.2) is 24.4 Å². The van der Waals surface area contributed by atoms with Crippen molar-refractivity contribution in [3.05, 3.63) is 24.4 Å². The molecule has 2 rings (SSSR count). The van der Waals surface area contributed by atoms with Crippen molar-refractivity contribution in [1.82, 2.24) is 9.88 Å². The predicted molar refractivity (Wildman–Crippen MR) is 84.9 cm³/mol. The van der Waals surface area contributed by atoms with Crippen molar-refractivity contribution in [3.8, 4) is 0 Å². The van der Waals surface area contributed by atoms with E-state index in [1.165, 1.54) is 12.8 Å². The van der Waals surface area contributed by atoms with Gasteiger partial charge in [0.2, 0.25) is 0 Å². The molecule has 112 valence electrons. The SMILES string of the molecule is CCCC(C)C(CN)N1CCN(c2ccccn2)CC1. The summed E-state index contributed by atoms with van der Waals surface area (Å²) in [6, 6.07) is 6.65. The molecule has 0 aliphatic carbocycles. The third-order valence-corrected chi connectivity index (χ3v) is 4.40.